The number of rotatable bonds is 10. The third-order valence-corrected chi connectivity index (χ3v) is 5.10. The Kier molecular flexibility index (Phi) is 6.70. The zero-order valence-electron chi connectivity index (χ0n) is 16.8. The molecule has 1 fully saturated rings. The molecule has 5 heteroatoms. The van der Waals surface area contributed by atoms with Crippen LogP contribution >= 0.6 is 0 Å². The Balaban J connectivity index is 1.54. The van der Waals surface area contributed by atoms with Gasteiger partial charge in [-0.25, -0.2) is 0 Å². The maximum Gasteiger partial charge on any atom is 0.161 e. The van der Waals surface area contributed by atoms with Crippen molar-refractivity contribution in [3.05, 3.63) is 59.2 Å². The van der Waals surface area contributed by atoms with Gasteiger partial charge in [0.2, 0.25) is 0 Å². The summed E-state index contributed by atoms with van der Waals surface area (Å²) in [5, 5.41) is 13.9. The lowest BCUT2D eigenvalue weighted by Crippen LogP contribution is -2.34. The van der Waals surface area contributed by atoms with Gasteiger partial charge in [0.05, 0.1) is 7.11 Å². The van der Waals surface area contributed by atoms with Crippen LogP contribution in [0.4, 0.5) is 0 Å². The molecule has 2 aromatic carbocycles. The molecule has 1 aliphatic carbocycles. The highest BCUT2D eigenvalue weighted by Crippen LogP contribution is 2.41. The number of nitrogens with one attached hydrogen (secondary N) is 1. The molecule has 2 atom stereocenters. The molecule has 0 bridgehead atoms. The molecule has 0 spiro atoms. The van der Waals surface area contributed by atoms with Crippen LogP contribution in [0.3, 0.4) is 0 Å². The van der Waals surface area contributed by atoms with Crippen molar-refractivity contribution in [3.63, 3.8) is 0 Å². The molecular formula is C23H29NO4. The van der Waals surface area contributed by atoms with Crippen LogP contribution in [-0.4, -0.2) is 37.3 Å². The average molecular weight is 383 g/mol. The number of ketones is 1. The molecule has 28 heavy (non-hydrogen) atoms. The molecular weight excluding hydrogens is 354 g/mol. The Morgan fingerprint density at radius 3 is 2.50 bits per heavy atom. The number of benzene rings is 2. The van der Waals surface area contributed by atoms with E-state index in [0.29, 0.717) is 29.5 Å². The van der Waals surface area contributed by atoms with E-state index in [1.807, 2.05) is 0 Å². The van der Waals surface area contributed by atoms with Crippen molar-refractivity contribution in [1.29, 1.82) is 0 Å². The summed E-state index contributed by atoms with van der Waals surface area (Å²) in [6.45, 7) is 4.19. The highest BCUT2D eigenvalue weighted by atomic mass is 16.5. The van der Waals surface area contributed by atoms with Gasteiger partial charge >= 0.3 is 0 Å². The molecule has 1 saturated carbocycles. The first-order chi connectivity index (χ1) is 13.5. The minimum absolute atomic E-state index is 0.0312. The van der Waals surface area contributed by atoms with Gasteiger partial charge in [0, 0.05) is 18.2 Å². The number of ether oxygens (including phenoxy) is 2. The Morgan fingerprint density at radius 2 is 1.89 bits per heavy atom. The fourth-order valence-electron chi connectivity index (χ4n) is 3.27. The van der Waals surface area contributed by atoms with E-state index in [2.05, 4.69) is 36.5 Å². The minimum atomic E-state index is -0.649. The van der Waals surface area contributed by atoms with Crippen LogP contribution in [0.15, 0.2) is 42.5 Å². The van der Waals surface area contributed by atoms with Crippen molar-refractivity contribution in [1.82, 2.24) is 5.32 Å². The van der Waals surface area contributed by atoms with Crippen LogP contribution in [0.5, 0.6) is 11.5 Å². The second kappa shape index (κ2) is 9.22. The van der Waals surface area contributed by atoms with Crippen LogP contribution in [0, 0.1) is 12.8 Å². The number of aliphatic hydroxyl groups is 1. The van der Waals surface area contributed by atoms with Crippen LogP contribution < -0.4 is 14.8 Å². The Labute approximate surface area is 166 Å². The maximum atomic E-state index is 11.5. The van der Waals surface area contributed by atoms with Crippen molar-refractivity contribution in [2.24, 2.45) is 5.92 Å². The van der Waals surface area contributed by atoms with Gasteiger partial charge in [0.25, 0.3) is 0 Å². The summed E-state index contributed by atoms with van der Waals surface area (Å²) in [6.07, 6.45) is 1.79. The van der Waals surface area contributed by atoms with Crippen LogP contribution in [0.2, 0.25) is 0 Å². The zero-order valence-corrected chi connectivity index (χ0v) is 16.8. The summed E-state index contributed by atoms with van der Waals surface area (Å²) in [6, 6.07) is 13.9. The van der Waals surface area contributed by atoms with E-state index in [-0.39, 0.29) is 18.4 Å². The van der Waals surface area contributed by atoms with E-state index in [1.165, 1.54) is 38.0 Å². The largest absolute Gasteiger partial charge is 0.493 e. The maximum absolute atomic E-state index is 11.5. The first-order valence-electron chi connectivity index (χ1n) is 9.77. The quantitative estimate of drug-likeness (QED) is 0.613. The molecule has 1 aliphatic rings. The van der Waals surface area contributed by atoms with E-state index < -0.39 is 6.10 Å². The lowest BCUT2D eigenvalue weighted by atomic mass is 10.0. The highest BCUT2D eigenvalue weighted by molar-refractivity contribution is 5.94. The molecule has 2 aromatic rings. The average Bonchev–Trinajstić information content (AvgIpc) is 3.52. The van der Waals surface area contributed by atoms with Crippen molar-refractivity contribution in [3.8, 4) is 11.5 Å². The second-order valence-corrected chi connectivity index (χ2v) is 7.52. The number of carbonyl (C=O) groups excluding carboxylic acids is 1. The van der Waals surface area contributed by atoms with Gasteiger partial charge in [-0.2, -0.15) is 0 Å². The molecule has 0 unspecified atom stereocenters. The van der Waals surface area contributed by atoms with Crippen molar-refractivity contribution < 1.29 is 19.4 Å². The number of hydrogen-bond acceptors (Lipinski definition) is 5. The van der Waals surface area contributed by atoms with Crippen molar-refractivity contribution in [2.75, 3.05) is 20.3 Å². The Bertz CT molecular complexity index is 799. The first-order valence-corrected chi connectivity index (χ1v) is 9.77. The van der Waals surface area contributed by atoms with Gasteiger partial charge in [-0.3, -0.25) is 4.79 Å². The molecule has 0 aliphatic heterocycles. The van der Waals surface area contributed by atoms with E-state index >= 15 is 0 Å². The summed E-state index contributed by atoms with van der Waals surface area (Å²) < 4.78 is 11.0. The Hall–Kier alpha value is -2.37. The predicted octanol–water partition coefficient (Wildman–Crippen LogP) is 3.69. The molecule has 5 nitrogen and oxygen atoms in total. The number of Topliss-reactive ketones (excluding diaryl/α,β-unsaturated/α-hetero) is 1. The summed E-state index contributed by atoms with van der Waals surface area (Å²) in [5.74, 6) is 1.61. The van der Waals surface area contributed by atoms with Gasteiger partial charge in [0.15, 0.2) is 17.3 Å². The summed E-state index contributed by atoms with van der Waals surface area (Å²) in [7, 11) is 1.53. The van der Waals surface area contributed by atoms with Gasteiger partial charge in [-0.05, 0) is 56.4 Å². The summed E-state index contributed by atoms with van der Waals surface area (Å²) in [4.78, 5) is 11.5. The van der Waals surface area contributed by atoms with Gasteiger partial charge in [-0.1, -0.05) is 29.8 Å². The Morgan fingerprint density at radius 1 is 1.18 bits per heavy atom. The highest BCUT2D eigenvalue weighted by Gasteiger charge is 2.32. The molecule has 0 amide bonds. The zero-order chi connectivity index (χ0) is 20.1. The third-order valence-electron chi connectivity index (χ3n) is 5.10. The predicted molar refractivity (Wildman–Crippen MR) is 109 cm³/mol. The number of carbonyl (C=O) groups is 1. The molecule has 3 rings (SSSR count). The van der Waals surface area contributed by atoms with Crippen LogP contribution in [0.1, 0.15) is 47.3 Å². The van der Waals surface area contributed by atoms with E-state index in [4.69, 9.17) is 9.47 Å². The molecule has 0 heterocycles. The van der Waals surface area contributed by atoms with Gasteiger partial charge < -0.3 is 19.9 Å². The summed E-state index contributed by atoms with van der Waals surface area (Å²) in [5.41, 5.74) is 3.08. The monoisotopic (exact) mass is 383 g/mol. The van der Waals surface area contributed by atoms with Gasteiger partial charge in [0.1, 0.15) is 12.7 Å². The van der Waals surface area contributed by atoms with E-state index in [0.717, 1.165) is 0 Å². The number of aryl methyl sites for hydroxylation is 1. The van der Waals surface area contributed by atoms with Crippen LogP contribution in [0.25, 0.3) is 0 Å². The van der Waals surface area contributed by atoms with Crippen molar-refractivity contribution >= 4 is 5.78 Å². The SMILES string of the molecule is COc1cc(C(C)=O)ccc1OC[C@H](O)CN[C@@H](c1ccc(C)cc1)C1CC1. The lowest BCUT2D eigenvalue weighted by molar-refractivity contribution is 0.0998. The van der Waals surface area contributed by atoms with Crippen molar-refractivity contribution in [2.45, 2.75) is 38.8 Å². The first kappa shape index (κ1) is 20.4. The lowest BCUT2D eigenvalue weighted by Gasteiger charge is -2.22. The smallest absolute Gasteiger partial charge is 0.161 e. The molecule has 0 aromatic heterocycles. The third kappa shape index (κ3) is 5.33. The molecule has 0 saturated heterocycles. The molecule has 150 valence electrons. The number of methoxy groups -OCH3 is 1. The fourth-order valence-corrected chi connectivity index (χ4v) is 3.27. The van der Waals surface area contributed by atoms with Crippen LogP contribution in [-0.2, 0) is 0 Å². The second-order valence-electron chi connectivity index (χ2n) is 7.52. The normalized spacial score (nSPS) is 15.7. The topological polar surface area (TPSA) is 67.8 Å². The molecule has 2 N–H and O–H groups in total. The van der Waals surface area contributed by atoms with E-state index in [1.54, 1.807) is 18.2 Å². The molecule has 0 radical (unpaired) electrons. The fraction of sp³-hybridized carbons (Fsp3) is 0.435. The minimum Gasteiger partial charge on any atom is -0.493 e. The van der Waals surface area contributed by atoms with E-state index in [9.17, 15) is 9.90 Å². The summed E-state index contributed by atoms with van der Waals surface area (Å²) >= 11 is 0. The van der Waals surface area contributed by atoms with Gasteiger partial charge in [-0.15, -0.1) is 0 Å². The standard InChI is InChI=1S/C23H29NO4/c1-15-4-6-17(7-5-15)23(18-8-9-18)24-13-20(26)14-28-21-11-10-19(16(2)25)12-22(21)27-3/h4-7,10-12,18,20,23-24,26H,8-9,13-14H2,1-3H3/t20-,23+/m1/s1. The number of aliphatic hydroxyl groups excluding tert-OH is 1. The number of hydrogen-bond donors (Lipinski definition) is 2.